The van der Waals surface area contributed by atoms with E-state index in [0.29, 0.717) is 22.5 Å². The van der Waals surface area contributed by atoms with Gasteiger partial charge >= 0.3 is 0 Å². The monoisotopic (exact) mass is 449 g/mol. The molecule has 1 aromatic carbocycles. The largest absolute Gasteiger partial charge is 0.344 e. The summed E-state index contributed by atoms with van der Waals surface area (Å²) in [6, 6.07) is 4.15. The van der Waals surface area contributed by atoms with Gasteiger partial charge in [-0.05, 0) is 56.5 Å². The number of Topliss-reactive ketones (excluding diaryl/α,β-unsaturated/α-hetero) is 1. The van der Waals surface area contributed by atoms with Crippen molar-refractivity contribution in [1.29, 1.82) is 0 Å². The molecule has 6 nitrogen and oxygen atoms in total. The van der Waals surface area contributed by atoms with Gasteiger partial charge in [0.05, 0.1) is 16.8 Å². The van der Waals surface area contributed by atoms with Gasteiger partial charge in [-0.1, -0.05) is 6.92 Å². The van der Waals surface area contributed by atoms with E-state index in [0.717, 1.165) is 0 Å². The number of hydrogen-bond acceptors (Lipinski definition) is 3. The smallest absolute Gasteiger partial charge is 0.294 e. The molecule has 0 saturated heterocycles. The number of aromatic nitrogens is 1. The number of carbonyl (C=O) groups excluding carboxylic acids is 3. The molecule has 2 N–H and O–H groups in total. The summed E-state index contributed by atoms with van der Waals surface area (Å²) in [5.74, 6) is -5.64. The maximum atomic E-state index is 13.5. The molecule has 0 unspecified atom stereocenters. The molecule has 0 radical (unpaired) electrons. The molecule has 1 aliphatic rings. The zero-order chi connectivity index (χ0) is 24.0. The minimum absolute atomic E-state index is 0.0118. The molecule has 0 aliphatic heterocycles. The van der Waals surface area contributed by atoms with Crippen molar-refractivity contribution in [3.63, 3.8) is 0 Å². The highest BCUT2D eigenvalue weighted by atomic mass is 19.3. The zero-order valence-corrected chi connectivity index (χ0v) is 18.7. The van der Waals surface area contributed by atoms with Crippen LogP contribution < -0.4 is 10.6 Å². The molecule has 1 saturated carbocycles. The SMILES string of the molecule is CCC1(NC(=O)C(=O)c2c(C)c(C(=O)Nc3ccc(F)c(C)c3)c(C)n2C)CC(F)(F)C1. The number of benzene rings is 1. The molecule has 2 aromatic rings. The van der Waals surface area contributed by atoms with Gasteiger partial charge in [-0.3, -0.25) is 14.4 Å². The Kier molecular flexibility index (Phi) is 5.97. The minimum atomic E-state index is -2.85. The fourth-order valence-electron chi connectivity index (χ4n) is 4.32. The minimum Gasteiger partial charge on any atom is -0.344 e. The molecule has 1 aliphatic carbocycles. The molecular weight excluding hydrogens is 423 g/mol. The van der Waals surface area contributed by atoms with Gasteiger partial charge in [0, 0.05) is 31.3 Å². The third-order valence-corrected chi connectivity index (χ3v) is 6.24. The Hall–Kier alpha value is -3.10. The van der Waals surface area contributed by atoms with Crippen molar-refractivity contribution in [1.82, 2.24) is 9.88 Å². The molecule has 32 heavy (non-hydrogen) atoms. The Labute approximate surface area is 184 Å². The normalized spacial score (nSPS) is 16.2. The molecule has 0 spiro atoms. The number of halogens is 3. The summed E-state index contributed by atoms with van der Waals surface area (Å²) in [4.78, 5) is 38.4. The fraction of sp³-hybridized carbons (Fsp3) is 0.435. The van der Waals surface area contributed by atoms with E-state index in [1.165, 1.54) is 22.8 Å². The Balaban J connectivity index is 1.85. The molecule has 1 fully saturated rings. The van der Waals surface area contributed by atoms with Crippen LogP contribution in [0.25, 0.3) is 0 Å². The van der Waals surface area contributed by atoms with Gasteiger partial charge in [0.1, 0.15) is 5.82 Å². The summed E-state index contributed by atoms with van der Waals surface area (Å²) < 4.78 is 41.7. The topological polar surface area (TPSA) is 80.2 Å². The Morgan fingerprint density at radius 1 is 1.12 bits per heavy atom. The number of carbonyl (C=O) groups is 3. The fourth-order valence-corrected chi connectivity index (χ4v) is 4.32. The van der Waals surface area contributed by atoms with E-state index in [4.69, 9.17) is 0 Å². The number of amides is 2. The van der Waals surface area contributed by atoms with Crippen LogP contribution in [0.4, 0.5) is 18.9 Å². The van der Waals surface area contributed by atoms with Crippen molar-refractivity contribution in [3.8, 4) is 0 Å². The van der Waals surface area contributed by atoms with Crippen LogP contribution in [0, 0.1) is 26.6 Å². The van der Waals surface area contributed by atoms with Crippen LogP contribution in [0.15, 0.2) is 18.2 Å². The Bertz CT molecular complexity index is 1110. The third-order valence-electron chi connectivity index (χ3n) is 6.24. The van der Waals surface area contributed by atoms with Gasteiger partial charge < -0.3 is 15.2 Å². The highest BCUT2D eigenvalue weighted by Crippen LogP contribution is 2.47. The van der Waals surface area contributed by atoms with Gasteiger partial charge in [0.25, 0.3) is 23.5 Å². The average molecular weight is 449 g/mol. The maximum absolute atomic E-state index is 13.5. The number of rotatable bonds is 6. The summed E-state index contributed by atoms with van der Waals surface area (Å²) in [6.07, 6.45) is -0.742. The summed E-state index contributed by atoms with van der Waals surface area (Å²) in [5, 5.41) is 5.16. The van der Waals surface area contributed by atoms with Crippen molar-refractivity contribution >= 4 is 23.3 Å². The first kappa shape index (κ1) is 23.6. The van der Waals surface area contributed by atoms with E-state index in [1.54, 1.807) is 34.7 Å². The molecular formula is C23H26F3N3O3. The van der Waals surface area contributed by atoms with Gasteiger partial charge in [-0.25, -0.2) is 13.2 Å². The predicted octanol–water partition coefficient (Wildman–Crippen LogP) is 4.22. The molecule has 0 atom stereocenters. The van der Waals surface area contributed by atoms with E-state index in [-0.39, 0.29) is 17.7 Å². The summed E-state index contributed by atoms with van der Waals surface area (Å²) in [6.45, 7) is 6.43. The molecule has 172 valence electrons. The molecule has 1 heterocycles. The van der Waals surface area contributed by atoms with Gasteiger partial charge in [0.2, 0.25) is 0 Å². The van der Waals surface area contributed by atoms with Crippen molar-refractivity contribution in [3.05, 3.63) is 52.1 Å². The summed E-state index contributed by atoms with van der Waals surface area (Å²) in [7, 11) is 1.55. The number of anilines is 1. The molecule has 9 heteroatoms. The van der Waals surface area contributed by atoms with Crippen LogP contribution >= 0.6 is 0 Å². The lowest BCUT2D eigenvalue weighted by Gasteiger charge is -2.47. The lowest BCUT2D eigenvalue weighted by Crippen LogP contribution is -2.63. The number of nitrogens with zero attached hydrogens (tertiary/aromatic N) is 1. The third kappa shape index (κ3) is 4.16. The second-order valence-corrected chi connectivity index (χ2v) is 8.54. The van der Waals surface area contributed by atoms with E-state index < -0.39 is 47.7 Å². The maximum Gasteiger partial charge on any atom is 0.294 e. The summed E-state index contributed by atoms with van der Waals surface area (Å²) in [5.41, 5.74) is 0.622. The first-order valence-corrected chi connectivity index (χ1v) is 10.3. The van der Waals surface area contributed by atoms with Crippen LogP contribution in [0.5, 0.6) is 0 Å². The highest BCUT2D eigenvalue weighted by Gasteiger charge is 2.56. The lowest BCUT2D eigenvalue weighted by molar-refractivity contribution is -0.145. The average Bonchev–Trinajstić information content (AvgIpc) is 2.91. The summed E-state index contributed by atoms with van der Waals surface area (Å²) >= 11 is 0. The van der Waals surface area contributed by atoms with Crippen molar-refractivity contribution in [2.45, 2.75) is 58.4 Å². The lowest BCUT2D eigenvalue weighted by atomic mass is 9.71. The van der Waals surface area contributed by atoms with Crippen molar-refractivity contribution in [2.75, 3.05) is 5.32 Å². The zero-order valence-electron chi connectivity index (χ0n) is 18.7. The molecule has 2 amide bonds. The number of ketones is 1. The van der Waals surface area contributed by atoms with Crippen LogP contribution in [-0.2, 0) is 11.8 Å². The standard InChI is InChI=1S/C23H26F3N3O3/c1-6-22(10-23(25,26)11-22)28-21(32)19(30)18-13(3)17(14(4)29(18)5)20(31)27-15-7-8-16(24)12(2)9-15/h7-9H,6,10-11H2,1-5H3,(H,27,31)(H,28,32). The van der Waals surface area contributed by atoms with Crippen LogP contribution in [0.2, 0.25) is 0 Å². The van der Waals surface area contributed by atoms with Crippen molar-refractivity contribution in [2.24, 2.45) is 7.05 Å². The number of hydrogen-bond donors (Lipinski definition) is 2. The second-order valence-electron chi connectivity index (χ2n) is 8.54. The van der Waals surface area contributed by atoms with Crippen LogP contribution in [-0.4, -0.2) is 33.6 Å². The quantitative estimate of drug-likeness (QED) is 0.512. The van der Waals surface area contributed by atoms with Crippen LogP contribution in [0.3, 0.4) is 0 Å². The van der Waals surface area contributed by atoms with Crippen molar-refractivity contribution < 1.29 is 27.6 Å². The first-order chi connectivity index (χ1) is 14.8. The van der Waals surface area contributed by atoms with E-state index in [2.05, 4.69) is 10.6 Å². The van der Waals surface area contributed by atoms with E-state index in [9.17, 15) is 27.6 Å². The predicted molar refractivity (Wildman–Crippen MR) is 114 cm³/mol. The number of nitrogens with one attached hydrogen (secondary N) is 2. The molecule has 3 rings (SSSR count). The number of aryl methyl sites for hydroxylation is 1. The molecule has 1 aromatic heterocycles. The first-order valence-electron chi connectivity index (χ1n) is 10.3. The Morgan fingerprint density at radius 3 is 2.28 bits per heavy atom. The van der Waals surface area contributed by atoms with E-state index in [1.807, 2.05) is 0 Å². The molecule has 0 bridgehead atoms. The van der Waals surface area contributed by atoms with E-state index >= 15 is 0 Å². The second kappa shape index (κ2) is 8.11. The van der Waals surface area contributed by atoms with Gasteiger partial charge in [-0.15, -0.1) is 0 Å². The van der Waals surface area contributed by atoms with Gasteiger partial charge in [0.15, 0.2) is 0 Å². The number of alkyl halides is 2. The van der Waals surface area contributed by atoms with Crippen LogP contribution in [0.1, 0.15) is 63.9 Å². The highest BCUT2D eigenvalue weighted by molar-refractivity contribution is 6.43. The Morgan fingerprint density at radius 2 is 1.75 bits per heavy atom. The van der Waals surface area contributed by atoms with Gasteiger partial charge in [-0.2, -0.15) is 0 Å².